The smallest absolute Gasteiger partial charge is 0.192 e. The monoisotopic (exact) mass is 370 g/mol. The van der Waals surface area contributed by atoms with Crippen molar-refractivity contribution in [3.05, 3.63) is 0 Å². The van der Waals surface area contributed by atoms with Crippen LogP contribution in [-0.4, -0.2) is 18.8 Å². The molecule has 3 heteroatoms. The van der Waals surface area contributed by atoms with Crippen molar-refractivity contribution in [3.8, 4) is 0 Å². The molecule has 0 aromatic rings. The van der Waals surface area contributed by atoms with E-state index in [0.717, 1.165) is 6.61 Å². The maximum absolute atomic E-state index is 6.24. The van der Waals surface area contributed by atoms with Gasteiger partial charge in [-0.15, -0.1) is 0 Å². The summed E-state index contributed by atoms with van der Waals surface area (Å²) >= 11 is 2.56. The van der Waals surface area contributed by atoms with Crippen molar-refractivity contribution < 1.29 is 4.43 Å². The minimum absolute atomic E-state index is 0.339. The Morgan fingerprint density at radius 2 is 1.71 bits per heavy atom. The second kappa shape index (κ2) is 8.15. The normalized spacial score (nSPS) is 15.0. The SMILES string of the molecule is CCCCCCC(I)CO[Si](C)(C)C(C)(C)C. The third-order valence-corrected chi connectivity index (χ3v) is 9.29. The van der Waals surface area contributed by atoms with Crippen molar-refractivity contribution in [2.24, 2.45) is 0 Å². The Morgan fingerprint density at radius 3 is 2.18 bits per heavy atom. The highest BCUT2D eigenvalue weighted by Crippen LogP contribution is 2.36. The minimum atomic E-state index is -1.53. The fraction of sp³-hybridized carbons (Fsp3) is 1.00. The molecule has 1 atom stereocenters. The molecular weight excluding hydrogens is 339 g/mol. The fourth-order valence-electron chi connectivity index (χ4n) is 1.39. The van der Waals surface area contributed by atoms with E-state index in [4.69, 9.17) is 4.43 Å². The number of hydrogen-bond donors (Lipinski definition) is 0. The molecule has 0 aromatic carbocycles. The summed E-state index contributed by atoms with van der Waals surface area (Å²) in [7, 11) is -1.53. The Balaban J connectivity index is 3.80. The Hall–Kier alpha value is 0.907. The molecule has 0 amide bonds. The zero-order valence-corrected chi connectivity index (χ0v) is 15.8. The Labute approximate surface area is 123 Å². The van der Waals surface area contributed by atoms with E-state index in [0.29, 0.717) is 8.96 Å². The van der Waals surface area contributed by atoms with Gasteiger partial charge in [0.05, 0.1) is 0 Å². The summed E-state index contributed by atoms with van der Waals surface area (Å²) in [6, 6.07) is 0. The molecule has 0 aromatic heterocycles. The standard InChI is InChI=1S/C14H31IOSi/c1-7-8-9-10-11-13(15)12-16-17(5,6)14(2,3)4/h13H,7-12H2,1-6H3. The van der Waals surface area contributed by atoms with Crippen LogP contribution in [0.15, 0.2) is 0 Å². The Bertz CT molecular complexity index is 199. The highest BCUT2D eigenvalue weighted by molar-refractivity contribution is 14.1. The molecule has 0 radical (unpaired) electrons. The molecule has 0 N–H and O–H groups in total. The molecule has 104 valence electrons. The second-order valence-electron chi connectivity index (χ2n) is 6.52. The van der Waals surface area contributed by atoms with Crippen molar-refractivity contribution in [2.75, 3.05) is 6.61 Å². The van der Waals surface area contributed by atoms with E-state index < -0.39 is 8.32 Å². The highest BCUT2D eigenvalue weighted by atomic mass is 127. The lowest BCUT2D eigenvalue weighted by Gasteiger charge is -2.36. The topological polar surface area (TPSA) is 9.23 Å². The van der Waals surface area contributed by atoms with E-state index in [-0.39, 0.29) is 0 Å². The van der Waals surface area contributed by atoms with E-state index in [2.05, 4.69) is 63.4 Å². The van der Waals surface area contributed by atoms with Crippen LogP contribution in [0.1, 0.15) is 59.8 Å². The lowest BCUT2D eigenvalue weighted by atomic mass is 10.1. The van der Waals surface area contributed by atoms with Gasteiger partial charge in [0.2, 0.25) is 0 Å². The zero-order valence-electron chi connectivity index (χ0n) is 12.6. The summed E-state index contributed by atoms with van der Waals surface area (Å²) in [6.45, 7) is 14.8. The molecule has 17 heavy (non-hydrogen) atoms. The van der Waals surface area contributed by atoms with Gasteiger partial charge in [-0.05, 0) is 24.6 Å². The second-order valence-corrected chi connectivity index (χ2v) is 13.1. The summed E-state index contributed by atoms with van der Waals surface area (Å²) < 4.78 is 6.94. The summed E-state index contributed by atoms with van der Waals surface area (Å²) in [4.78, 5) is 0. The van der Waals surface area contributed by atoms with Crippen LogP contribution in [0.2, 0.25) is 18.1 Å². The van der Waals surface area contributed by atoms with Gasteiger partial charge in [-0.2, -0.15) is 0 Å². The molecule has 1 unspecified atom stereocenters. The average Bonchev–Trinajstić information content (AvgIpc) is 2.20. The first-order valence-electron chi connectivity index (χ1n) is 6.98. The van der Waals surface area contributed by atoms with Gasteiger partial charge >= 0.3 is 0 Å². The molecule has 0 spiro atoms. The van der Waals surface area contributed by atoms with Crippen LogP contribution in [-0.2, 0) is 4.43 Å². The predicted molar refractivity (Wildman–Crippen MR) is 89.7 cm³/mol. The number of unbranched alkanes of at least 4 members (excludes halogenated alkanes) is 3. The van der Waals surface area contributed by atoms with Crippen molar-refractivity contribution in [1.82, 2.24) is 0 Å². The van der Waals surface area contributed by atoms with Gasteiger partial charge in [0, 0.05) is 10.5 Å². The zero-order chi connectivity index (χ0) is 13.5. The van der Waals surface area contributed by atoms with Crippen molar-refractivity contribution in [2.45, 2.75) is 81.9 Å². The van der Waals surface area contributed by atoms with Gasteiger partial charge in [-0.1, -0.05) is 76.0 Å². The first-order chi connectivity index (χ1) is 7.70. The molecule has 0 heterocycles. The summed E-state index contributed by atoms with van der Waals surface area (Å²) in [5.41, 5.74) is 0. The van der Waals surface area contributed by atoms with Crippen molar-refractivity contribution >= 4 is 30.9 Å². The van der Waals surface area contributed by atoms with E-state index in [1.165, 1.54) is 32.1 Å². The molecule has 0 aliphatic carbocycles. The predicted octanol–water partition coefficient (Wildman–Crippen LogP) is 5.78. The van der Waals surface area contributed by atoms with Crippen LogP contribution in [0.25, 0.3) is 0 Å². The summed E-state index contributed by atoms with van der Waals surface area (Å²) in [6.07, 6.45) is 6.77. The molecule has 0 bridgehead atoms. The first kappa shape index (κ1) is 17.9. The van der Waals surface area contributed by atoms with Crippen LogP contribution in [0.5, 0.6) is 0 Å². The number of hydrogen-bond acceptors (Lipinski definition) is 1. The van der Waals surface area contributed by atoms with E-state index in [9.17, 15) is 0 Å². The minimum Gasteiger partial charge on any atom is -0.416 e. The van der Waals surface area contributed by atoms with Crippen LogP contribution in [0.3, 0.4) is 0 Å². The van der Waals surface area contributed by atoms with E-state index in [1.807, 2.05) is 0 Å². The molecule has 0 aliphatic rings. The molecular formula is C14H31IOSi. The quantitative estimate of drug-likeness (QED) is 0.228. The molecule has 0 fully saturated rings. The lowest BCUT2D eigenvalue weighted by molar-refractivity contribution is 0.287. The van der Waals surface area contributed by atoms with Crippen LogP contribution < -0.4 is 0 Å². The summed E-state index contributed by atoms with van der Waals surface area (Å²) in [5.74, 6) is 0. The molecule has 0 saturated heterocycles. The largest absolute Gasteiger partial charge is 0.416 e. The number of alkyl halides is 1. The van der Waals surface area contributed by atoms with E-state index in [1.54, 1.807) is 0 Å². The highest BCUT2D eigenvalue weighted by Gasteiger charge is 2.37. The fourth-order valence-corrected chi connectivity index (χ4v) is 3.40. The van der Waals surface area contributed by atoms with Crippen LogP contribution >= 0.6 is 22.6 Å². The molecule has 0 rings (SSSR count). The molecule has 1 nitrogen and oxygen atoms in total. The van der Waals surface area contributed by atoms with Crippen LogP contribution in [0.4, 0.5) is 0 Å². The van der Waals surface area contributed by atoms with Gasteiger partial charge in [0.1, 0.15) is 0 Å². The summed E-state index contributed by atoms with van der Waals surface area (Å²) in [5, 5.41) is 0.339. The van der Waals surface area contributed by atoms with Gasteiger partial charge in [0.25, 0.3) is 0 Å². The Kier molecular flexibility index (Phi) is 8.59. The maximum atomic E-state index is 6.24. The van der Waals surface area contributed by atoms with Gasteiger partial charge < -0.3 is 4.43 Å². The maximum Gasteiger partial charge on any atom is 0.192 e. The average molecular weight is 370 g/mol. The van der Waals surface area contributed by atoms with Gasteiger partial charge in [-0.3, -0.25) is 0 Å². The van der Waals surface area contributed by atoms with Crippen molar-refractivity contribution in [3.63, 3.8) is 0 Å². The third kappa shape index (κ3) is 7.83. The van der Waals surface area contributed by atoms with Gasteiger partial charge in [0.15, 0.2) is 8.32 Å². The lowest BCUT2D eigenvalue weighted by Crippen LogP contribution is -2.42. The van der Waals surface area contributed by atoms with Crippen molar-refractivity contribution in [1.29, 1.82) is 0 Å². The molecule has 0 saturated carbocycles. The number of halogens is 1. The van der Waals surface area contributed by atoms with Gasteiger partial charge in [-0.25, -0.2) is 0 Å². The van der Waals surface area contributed by atoms with E-state index >= 15 is 0 Å². The third-order valence-electron chi connectivity index (χ3n) is 3.80. The molecule has 0 aliphatic heterocycles. The first-order valence-corrected chi connectivity index (χ1v) is 11.1. The number of rotatable bonds is 8. The Morgan fingerprint density at radius 1 is 1.12 bits per heavy atom. The van der Waals surface area contributed by atoms with Crippen LogP contribution in [0, 0.1) is 0 Å².